The molecule has 3 aliphatic rings. The van der Waals surface area contributed by atoms with Crippen LogP contribution in [0, 0.1) is 11.8 Å². The molecule has 26 heavy (non-hydrogen) atoms. The molecule has 3 fully saturated rings. The highest BCUT2D eigenvalue weighted by atomic mass is 35.5. The Balaban J connectivity index is 1.53. The first kappa shape index (κ1) is 17.5. The minimum Gasteiger partial charge on any atom is -0.478 e. The van der Waals surface area contributed by atoms with Crippen molar-refractivity contribution < 1.29 is 19.4 Å². The van der Waals surface area contributed by atoms with Crippen molar-refractivity contribution in [2.75, 3.05) is 24.5 Å². The Labute approximate surface area is 156 Å². The lowest BCUT2D eigenvalue weighted by Crippen LogP contribution is -2.41. The smallest absolute Gasteiger partial charge is 0.337 e. The molecule has 2 bridgehead atoms. The number of hydrogen-bond acceptors (Lipinski definition) is 5. The summed E-state index contributed by atoms with van der Waals surface area (Å²) in [6, 6.07) is 1.44. The molecule has 0 aliphatic carbocycles. The highest BCUT2D eigenvalue weighted by molar-refractivity contribution is 6.33. The number of carbonyl (C=O) groups excluding carboxylic acids is 1. The summed E-state index contributed by atoms with van der Waals surface area (Å²) in [4.78, 5) is 29.1. The molecule has 0 aromatic carbocycles. The molecule has 0 saturated carbocycles. The molecule has 7 nitrogen and oxygen atoms in total. The number of carbonyl (C=O) groups is 2. The van der Waals surface area contributed by atoms with E-state index >= 15 is 0 Å². The van der Waals surface area contributed by atoms with Crippen molar-refractivity contribution in [2.24, 2.45) is 11.8 Å². The minimum atomic E-state index is -1.04. The van der Waals surface area contributed by atoms with Crippen LogP contribution in [0.3, 0.4) is 0 Å². The number of carboxylic acid groups (broad SMARTS) is 1. The van der Waals surface area contributed by atoms with Crippen LogP contribution in [-0.4, -0.2) is 53.3 Å². The van der Waals surface area contributed by atoms with Gasteiger partial charge in [0.05, 0.1) is 22.3 Å². The topological polar surface area (TPSA) is 91.8 Å². The summed E-state index contributed by atoms with van der Waals surface area (Å²) in [6.45, 7) is 3.93. The number of pyridine rings is 1. The summed E-state index contributed by atoms with van der Waals surface area (Å²) < 4.78 is 6.36. The van der Waals surface area contributed by atoms with E-state index in [-0.39, 0.29) is 23.2 Å². The molecule has 140 valence electrons. The fourth-order valence-corrected chi connectivity index (χ4v) is 5.05. The van der Waals surface area contributed by atoms with Crippen molar-refractivity contribution in [3.05, 3.63) is 22.8 Å². The maximum absolute atomic E-state index is 11.6. The predicted octanol–water partition coefficient (Wildman–Crippen LogP) is 1.94. The number of aromatic carboxylic acids is 1. The monoisotopic (exact) mass is 379 g/mol. The van der Waals surface area contributed by atoms with Crippen LogP contribution in [0.4, 0.5) is 5.82 Å². The Hall–Kier alpha value is -1.86. The molecule has 1 aromatic heterocycles. The molecule has 8 heteroatoms. The molecule has 4 rings (SSSR count). The van der Waals surface area contributed by atoms with E-state index in [0.717, 1.165) is 19.4 Å². The van der Waals surface area contributed by atoms with E-state index in [4.69, 9.17) is 21.4 Å². The summed E-state index contributed by atoms with van der Waals surface area (Å²) in [5.41, 5.74) is -0.128. The maximum Gasteiger partial charge on any atom is 0.337 e. The first-order valence-electron chi connectivity index (χ1n) is 9.02. The van der Waals surface area contributed by atoms with Gasteiger partial charge >= 0.3 is 5.97 Å². The lowest BCUT2D eigenvalue weighted by Gasteiger charge is -2.29. The molecule has 0 radical (unpaired) electrons. The van der Waals surface area contributed by atoms with Gasteiger partial charge in [-0.15, -0.1) is 0 Å². The van der Waals surface area contributed by atoms with E-state index in [1.807, 2.05) is 6.92 Å². The second-order valence-corrected chi connectivity index (χ2v) is 7.81. The van der Waals surface area contributed by atoms with Crippen LogP contribution in [0.25, 0.3) is 0 Å². The Morgan fingerprint density at radius 3 is 3.04 bits per heavy atom. The van der Waals surface area contributed by atoms with Crippen molar-refractivity contribution >= 4 is 29.3 Å². The van der Waals surface area contributed by atoms with Gasteiger partial charge < -0.3 is 20.1 Å². The van der Waals surface area contributed by atoms with E-state index in [9.17, 15) is 9.59 Å². The van der Waals surface area contributed by atoms with Crippen LogP contribution in [0.5, 0.6) is 0 Å². The lowest BCUT2D eigenvalue weighted by atomic mass is 9.73. The van der Waals surface area contributed by atoms with Gasteiger partial charge in [-0.1, -0.05) is 18.5 Å². The quantitative estimate of drug-likeness (QED) is 0.812. The average Bonchev–Trinajstić information content (AvgIpc) is 3.27. The number of ether oxygens (including phenoxy) is 1. The number of hydrogen-bond donors (Lipinski definition) is 2. The van der Waals surface area contributed by atoms with Crippen LogP contribution >= 0.6 is 11.6 Å². The third-order valence-electron chi connectivity index (χ3n) is 6.01. The van der Waals surface area contributed by atoms with Crippen molar-refractivity contribution in [3.63, 3.8) is 0 Å². The molecule has 1 amide bonds. The highest BCUT2D eigenvalue weighted by Gasteiger charge is 2.63. The summed E-state index contributed by atoms with van der Waals surface area (Å²) in [5, 5.41) is 12.4. The normalized spacial score (nSPS) is 31.9. The number of carboxylic acids is 1. The van der Waals surface area contributed by atoms with Crippen molar-refractivity contribution in [3.8, 4) is 0 Å². The minimum absolute atomic E-state index is 0.0608. The Morgan fingerprint density at radius 2 is 2.35 bits per heavy atom. The number of anilines is 1. The fourth-order valence-electron chi connectivity index (χ4n) is 4.76. The lowest BCUT2D eigenvalue weighted by molar-refractivity contribution is -0.121. The highest BCUT2D eigenvalue weighted by Crippen LogP contribution is 2.55. The summed E-state index contributed by atoms with van der Waals surface area (Å²) >= 11 is 6.30. The van der Waals surface area contributed by atoms with Crippen LogP contribution in [-0.2, 0) is 9.53 Å². The third-order valence-corrected chi connectivity index (χ3v) is 6.29. The number of halogens is 1. The predicted molar refractivity (Wildman–Crippen MR) is 95.5 cm³/mol. The van der Waals surface area contributed by atoms with E-state index in [0.29, 0.717) is 42.2 Å². The average molecular weight is 380 g/mol. The molecule has 1 spiro atoms. The fraction of sp³-hybridized carbons (Fsp3) is 0.611. The number of amides is 1. The Morgan fingerprint density at radius 1 is 1.54 bits per heavy atom. The zero-order chi connectivity index (χ0) is 18.5. The molecule has 4 heterocycles. The maximum atomic E-state index is 11.6. The SMILES string of the molecule is CCC(=O)NC[C@H]1[C@H]2CN(c3ncc(C(=O)O)cc3Cl)C[C@]23CC[C@H]1O3. The summed E-state index contributed by atoms with van der Waals surface area (Å²) in [7, 11) is 0. The van der Waals surface area contributed by atoms with Crippen LogP contribution in [0.15, 0.2) is 12.3 Å². The van der Waals surface area contributed by atoms with E-state index in [1.165, 1.54) is 12.3 Å². The molecule has 1 aromatic rings. The molecule has 3 saturated heterocycles. The Bertz CT molecular complexity index is 758. The number of fused-ring (bicyclic) bond motifs is 1. The molecular weight excluding hydrogens is 358 g/mol. The van der Waals surface area contributed by atoms with Gasteiger partial charge in [-0.25, -0.2) is 9.78 Å². The summed E-state index contributed by atoms with van der Waals surface area (Å²) in [6.07, 6.45) is 4.04. The van der Waals surface area contributed by atoms with Gasteiger partial charge in [0.25, 0.3) is 0 Å². The zero-order valence-corrected chi connectivity index (χ0v) is 15.3. The number of nitrogens with one attached hydrogen (secondary N) is 1. The Kier molecular flexibility index (Phi) is 4.31. The first-order valence-corrected chi connectivity index (χ1v) is 9.39. The third kappa shape index (κ3) is 2.74. The van der Waals surface area contributed by atoms with Crippen LogP contribution in [0.1, 0.15) is 36.5 Å². The molecular formula is C18H22ClN3O4. The molecule has 0 unspecified atom stereocenters. The summed E-state index contributed by atoms with van der Waals surface area (Å²) in [5.74, 6) is 0.225. The van der Waals surface area contributed by atoms with Crippen LogP contribution in [0.2, 0.25) is 5.02 Å². The number of rotatable bonds is 5. The van der Waals surface area contributed by atoms with E-state index < -0.39 is 5.97 Å². The van der Waals surface area contributed by atoms with Crippen molar-refractivity contribution in [1.29, 1.82) is 0 Å². The second-order valence-electron chi connectivity index (χ2n) is 7.40. The van der Waals surface area contributed by atoms with Crippen molar-refractivity contribution in [1.82, 2.24) is 10.3 Å². The van der Waals surface area contributed by atoms with Gasteiger partial charge in [0.2, 0.25) is 5.91 Å². The second kappa shape index (κ2) is 6.39. The standard InChI is InChI=1S/C18H22ClN3O4/c1-2-15(23)20-7-11-12-8-22(9-18(12)4-3-14(11)26-18)16-13(19)5-10(6-21-16)17(24)25/h5-6,11-12,14H,2-4,7-9H2,1H3,(H,20,23)(H,24,25)/t11-,12+,14+,18+/m0/s1. The van der Waals surface area contributed by atoms with E-state index in [1.54, 1.807) is 0 Å². The van der Waals surface area contributed by atoms with Gasteiger partial charge in [0, 0.05) is 44.1 Å². The molecule has 2 N–H and O–H groups in total. The first-order chi connectivity index (χ1) is 12.4. The van der Waals surface area contributed by atoms with Gasteiger partial charge in [0.1, 0.15) is 5.82 Å². The van der Waals surface area contributed by atoms with Gasteiger partial charge in [-0.2, -0.15) is 0 Å². The van der Waals surface area contributed by atoms with Gasteiger partial charge in [-0.3, -0.25) is 4.79 Å². The van der Waals surface area contributed by atoms with Crippen LogP contribution < -0.4 is 10.2 Å². The zero-order valence-electron chi connectivity index (χ0n) is 14.6. The van der Waals surface area contributed by atoms with Gasteiger partial charge in [-0.05, 0) is 18.9 Å². The van der Waals surface area contributed by atoms with Gasteiger partial charge in [0.15, 0.2) is 0 Å². The van der Waals surface area contributed by atoms with Crippen molar-refractivity contribution in [2.45, 2.75) is 37.9 Å². The largest absolute Gasteiger partial charge is 0.478 e. The number of nitrogens with zero attached hydrogens (tertiary/aromatic N) is 2. The number of aromatic nitrogens is 1. The molecule has 3 aliphatic heterocycles. The molecule has 4 atom stereocenters. The van der Waals surface area contributed by atoms with E-state index in [2.05, 4.69) is 15.2 Å².